The van der Waals surface area contributed by atoms with Gasteiger partial charge in [0.1, 0.15) is 0 Å². The summed E-state index contributed by atoms with van der Waals surface area (Å²) >= 11 is 0. The van der Waals surface area contributed by atoms with E-state index in [1.54, 1.807) is 0 Å². The van der Waals surface area contributed by atoms with Crippen LogP contribution in [0.3, 0.4) is 0 Å². The first-order valence-corrected chi connectivity index (χ1v) is 7.61. The van der Waals surface area contributed by atoms with Crippen LogP contribution in [0.1, 0.15) is 51.1 Å². The fraction of sp³-hybridized carbons (Fsp3) is 0.800. The Kier molecular flexibility index (Phi) is 5.10. The van der Waals surface area contributed by atoms with Gasteiger partial charge in [0.25, 0.3) is 0 Å². The molecule has 3 rings (SSSR count). The molecule has 114 valence electrons. The van der Waals surface area contributed by atoms with Crippen molar-refractivity contribution in [3.8, 4) is 0 Å². The molecule has 2 aliphatic heterocycles. The molecule has 2 aliphatic rings. The fourth-order valence-corrected chi connectivity index (χ4v) is 3.55. The molecule has 0 saturated carbocycles. The van der Waals surface area contributed by atoms with Crippen LogP contribution in [0.5, 0.6) is 0 Å². The zero-order valence-electron chi connectivity index (χ0n) is 12.7. The minimum atomic E-state index is 0. The van der Waals surface area contributed by atoms with Gasteiger partial charge in [-0.15, -0.1) is 12.4 Å². The second kappa shape index (κ2) is 6.46. The first kappa shape index (κ1) is 15.8. The third kappa shape index (κ3) is 3.35. The van der Waals surface area contributed by atoms with E-state index in [1.807, 2.05) is 6.20 Å². The summed E-state index contributed by atoms with van der Waals surface area (Å²) in [5.41, 5.74) is 1.34. The van der Waals surface area contributed by atoms with Gasteiger partial charge in [-0.3, -0.25) is 9.58 Å². The SMILES string of the molecule is CC(C)n1cc(CN(C)C2CC3CCC(C2)N3)cn1.Cl. The van der Waals surface area contributed by atoms with Crippen molar-refractivity contribution >= 4 is 12.4 Å². The highest BCUT2D eigenvalue weighted by Crippen LogP contribution is 2.29. The van der Waals surface area contributed by atoms with Gasteiger partial charge in [-0.2, -0.15) is 5.10 Å². The van der Waals surface area contributed by atoms with Crippen LogP contribution in [0.25, 0.3) is 0 Å². The summed E-state index contributed by atoms with van der Waals surface area (Å²) in [6.45, 7) is 5.37. The molecule has 2 atom stereocenters. The Hall–Kier alpha value is -0.580. The van der Waals surface area contributed by atoms with E-state index in [1.165, 1.54) is 31.2 Å². The molecular formula is C15H27ClN4. The molecule has 4 nitrogen and oxygen atoms in total. The molecule has 2 saturated heterocycles. The Bertz CT molecular complexity index is 419. The lowest BCUT2D eigenvalue weighted by Crippen LogP contribution is -2.46. The minimum absolute atomic E-state index is 0. The van der Waals surface area contributed by atoms with Gasteiger partial charge in [0, 0.05) is 42.5 Å². The van der Waals surface area contributed by atoms with Gasteiger partial charge < -0.3 is 5.32 Å². The summed E-state index contributed by atoms with van der Waals surface area (Å²) in [5.74, 6) is 0. The molecule has 0 aliphatic carbocycles. The molecule has 0 aromatic carbocycles. The molecule has 2 bridgehead atoms. The van der Waals surface area contributed by atoms with Crippen LogP contribution >= 0.6 is 12.4 Å². The summed E-state index contributed by atoms with van der Waals surface area (Å²) in [6.07, 6.45) is 9.58. The first-order valence-electron chi connectivity index (χ1n) is 7.61. The lowest BCUT2D eigenvalue weighted by Gasteiger charge is -2.35. The van der Waals surface area contributed by atoms with Gasteiger partial charge >= 0.3 is 0 Å². The van der Waals surface area contributed by atoms with E-state index in [4.69, 9.17) is 0 Å². The number of halogens is 1. The maximum atomic E-state index is 4.43. The Balaban J connectivity index is 0.00000147. The molecular weight excluding hydrogens is 272 g/mol. The average molecular weight is 299 g/mol. The summed E-state index contributed by atoms with van der Waals surface area (Å²) in [7, 11) is 2.27. The van der Waals surface area contributed by atoms with Gasteiger partial charge in [-0.25, -0.2) is 0 Å². The van der Waals surface area contributed by atoms with Crippen molar-refractivity contribution in [1.29, 1.82) is 0 Å². The van der Waals surface area contributed by atoms with E-state index >= 15 is 0 Å². The van der Waals surface area contributed by atoms with Crippen molar-refractivity contribution in [2.75, 3.05) is 7.05 Å². The summed E-state index contributed by atoms with van der Waals surface area (Å²) < 4.78 is 2.05. The molecule has 3 heterocycles. The van der Waals surface area contributed by atoms with E-state index in [9.17, 15) is 0 Å². The fourth-order valence-electron chi connectivity index (χ4n) is 3.55. The van der Waals surface area contributed by atoms with Gasteiger partial charge in [0.15, 0.2) is 0 Å². The van der Waals surface area contributed by atoms with Crippen LogP contribution in [0.15, 0.2) is 12.4 Å². The number of fused-ring (bicyclic) bond motifs is 2. The maximum absolute atomic E-state index is 4.43. The average Bonchev–Trinajstić information content (AvgIpc) is 2.96. The van der Waals surface area contributed by atoms with Crippen LogP contribution in [0.2, 0.25) is 0 Å². The molecule has 0 spiro atoms. The molecule has 0 amide bonds. The summed E-state index contributed by atoms with van der Waals surface area (Å²) in [4.78, 5) is 2.52. The smallest absolute Gasteiger partial charge is 0.0534 e. The van der Waals surface area contributed by atoms with Gasteiger partial charge in [0.05, 0.1) is 6.20 Å². The third-order valence-corrected chi connectivity index (χ3v) is 4.69. The number of rotatable bonds is 4. The molecule has 5 heteroatoms. The number of nitrogens with zero attached hydrogens (tertiary/aromatic N) is 3. The number of hydrogen-bond acceptors (Lipinski definition) is 3. The van der Waals surface area contributed by atoms with Crippen LogP contribution < -0.4 is 5.32 Å². The van der Waals surface area contributed by atoms with Crippen molar-refractivity contribution in [3.05, 3.63) is 18.0 Å². The molecule has 2 unspecified atom stereocenters. The molecule has 20 heavy (non-hydrogen) atoms. The predicted molar refractivity (Wildman–Crippen MR) is 84.3 cm³/mol. The van der Waals surface area contributed by atoms with Crippen molar-refractivity contribution in [2.24, 2.45) is 0 Å². The first-order chi connectivity index (χ1) is 9.11. The highest BCUT2D eigenvalue weighted by Gasteiger charge is 2.34. The van der Waals surface area contributed by atoms with Crippen LogP contribution in [-0.2, 0) is 6.54 Å². The van der Waals surface area contributed by atoms with E-state index in [0.29, 0.717) is 6.04 Å². The third-order valence-electron chi connectivity index (χ3n) is 4.69. The number of hydrogen-bond donors (Lipinski definition) is 1. The summed E-state index contributed by atoms with van der Waals surface area (Å²) in [5, 5.41) is 8.15. The zero-order valence-corrected chi connectivity index (χ0v) is 13.6. The second-order valence-corrected chi connectivity index (χ2v) is 6.60. The lowest BCUT2D eigenvalue weighted by molar-refractivity contribution is 0.166. The number of aromatic nitrogens is 2. The standard InChI is InChI=1S/C15H26N4.ClH/c1-11(2)19-10-12(8-16-19)9-18(3)15-6-13-4-5-14(7-15)17-13;/h8,10-11,13-15,17H,4-7,9H2,1-3H3;1H. The monoisotopic (exact) mass is 298 g/mol. The molecule has 1 N–H and O–H groups in total. The number of nitrogens with one attached hydrogen (secondary N) is 1. The highest BCUT2D eigenvalue weighted by atomic mass is 35.5. The van der Waals surface area contributed by atoms with Crippen molar-refractivity contribution in [3.63, 3.8) is 0 Å². The normalized spacial score (nSPS) is 28.9. The van der Waals surface area contributed by atoms with Gasteiger partial charge in [-0.05, 0) is 46.6 Å². The van der Waals surface area contributed by atoms with Gasteiger partial charge in [0.2, 0.25) is 0 Å². The van der Waals surface area contributed by atoms with E-state index in [-0.39, 0.29) is 12.4 Å². The molecule has 1 aromatic heterocycles. The highest BCUT2D eigenvalue weighted by molar-refractivity contribution is 5.85. The predicted octanol–water partition coefficient (Wildman–Crippen LogP) is 2.60. The minimum Gasteiger partial charge on any atom is -0.311 e. The van der Waals surface area contributed by atoms with E-state index < -0.39 is 0 Å². The van der Waals surface area contributed by atoms with Crippen LogP contribution in [-0.4, -0.2) is 39.9 Å². The quantitative estimate of drug-likeness (QED) is 0.927. The Morgan fingerprint density at radius 1 is 1.35 bits per heavy atom. The lowest BCUT2D eigenvalue weighted by atomic mass is 9.98. The Labute approximate surface area is 128 Å². The van der Waals surface area contributed by atoms with Crippen LogP contribution in [0, 0.1) is 0 Å². The molecule has 2 fully saturated rings. The molecule has 0 radical (unpaired) electrons. The number of piperidine rings is 1. The van der Waals surface area contributed by atoms with Crippen molar-refractivity contribution < 1.29 is 0 Å². The Morgan fingerprint density at radius 3 is 2.55 bits per heavy atom. The topological polar surface area (TPSA) is 33.1 Å². The van der Waals surface area contributed by atoms with Crippen molar-refractivity contribution in [1.82, 2.24) is 20.0 Å². The maximum Gasteiger partial charge on any atom is 0.0534 e. The van der Waals surface area contributed by atoms with Crippen LogP contribution in [0.4, 0.5) is 0 Å². The van der Waals surface area contributed by atoms with E-state index in [2.05, 4.69) is 47.1 Å². The van der Waals surface area contributed by atoms with Gasteiger partial charge in [-0.1, -0.05) is 0 Å². The molecule has 1 aromatic rings. The largest absolute Gasteiger partial charge is 0.311 e. The van der Waals surface area contributed by atoms with Crippen molar-refractivity contribution in [2.45, 2.75) is 70.2 Å². The second-order valence-electron chi connectivity index (χ2n) is 6.60. The Morgan fingerprint density at radius 2 is 2.00 bits per heavy atom. The zero-order chi connectivity index (χ0) is 13.4. The summed E-state index contributed by atoms with van der Waals surface area (Å²) in [6, 6.07) is 2.73. The van der Waals surface area contributed by atoms with E-state index in [0.717, 1.165) is 24.7 Å².